The van der Waals surface area contributed by atoms with Gasteiger partial charge in [-0.3, -0.25) is 9.89 Å². The summed E-state index contributed by atoms with van der Waals surface area (Å²) in [4.78, 5) is 10.9. The zero-order valence-corrected chi connectivity index (χ0v) is 17.0. The maximum absolute atomic E-state index is 5.54. The third-order valence-corrected chi connectivity index (χ3v) is 7.26. The SMILES string of the molecule is CCC1CN(C(=NC)NCC(c2cccs2)N2CCOCC2)CCS1. The van der Waals surface area contributed by atoms with Crippen LogP contribution in [0.2, 0.25) is 0 Å². The molecule has 1 N–H and O–H groups in total. The van der Waals surface area contributed by atoms with Gasteiger partial charge in [0, 0.05) is 55.7 Å². The van der Waals surface area contributed by atoms with Crippen LogP contribution in [-0.4, -0.2) is 79.7 Å². The number of ether oxygens (including phenoxy) is 1. The molecule has 2 aliphatic rings. The maximum Gasteiger partial charge on any atom is 0.193 e. The minimum absolute atomic E-state index is 0.391. The predicted molar refractivity (Wildman–Crippen MR) is 109 cm³/mol. The van der Waals surface area contributed by atoms with Crippen LogP contribution in [0.1, 0.15) is 24.3 Å². The quantitative estimate of drug-likeness (QED) is 0.626. The number of hydrogen-bond acceptors (Lipinski definition) is 5. The summed E-state index contributed by atoms with van der Waals surface area (Å²) in [5.74, 6) is 2.24. The number of thiophene rings is 1. The van der Waals surface area contributed by atoms with E-state index in [0.717, 1.165) is 57.1 Å². The molecule has 2 unspecified atom stereocenters. The zero-order valence-electron chi connectivity index (χ0n) is 15.3. The van der Waals surface area contributed by atoms with Gasteiger partial charge in [0.05, 0.1) is 19.3 Å². The molecule has 0 saturated carbocycles. The van der Waals surface area contributed by atoms with E-state index in [1.165, 1.54) is 17.1 Å². The standard InChI is InChI=1S/C18H30N4OS2/c1-3-15-14-22(8-12-24-15)18(19-2)20-13-16(17-5-4-11-25-17)21-6-9-23-10-7-21/h4-5,11,15-16H,3,6-10,12-14H2,1-2H3,(H,19,20). The Morgan fingerprint density at radius 3 is 2.92 bits per heavy atom. The second-order valence-electron chi connectivity index (χ2n) is 6.45. The zero-order chi connectivity index (χ0) is 17.5. The average molecular weight is 383 g/mol. The van der Waals surface area contributed by atoms with Crippen LogP contribution < -0.4 is 5.32 Å². The van der Waals surface area contributed by atoms with Gasteiger partial charge < -0.3 is 15.0 Å². The molecule has 1 aromatic heterocycles. The highest BCUT2D eigenvalue weighted by molar-refractivity contribution is 8.00. The smallest absolute Gasteiger partial charge is 0.193 e. The van der Waals surface area contributed by atoms with Crippen LogP contribution >= 0.6 is 23.1 Å². The highest BCUT2D eigenvalue weighted by Crippen LogP contribution is 2.26. The van der Waals surface area contributed by atoms with Crippen molar-refractivity contribution in [3.05, 3.63) is 22.4 Å². The van der Waals surface area contributed by atoms with E-state index in [-0.39, 0.29) is 0 Å². The largest absolute Gasteiger partial charge is 0.379 e. The van der Waals surface area contributed by atoms with Gasteiger partial charge in [-0.15, -0.1) is 11.3 Å². The van der Waals surface area contributed by atoms with Crippen LogP contribution in [0.15, 0.2) is 22.5 Å². The molecule has 5 nitrogen and oxygen atoms in total. The Labute approximate surface area is 159 Å². The normalized spacial score (nSPS) is 24.3. The average Bonchev–Trinajstić information content (AvgIpc) is 3.20. The van der Waals surface area contributed by atoms with Crippen LogP contribution in [0.3, 0.4) is 0 Å². The van der Waals surface area contributed by atoms with Crippen LogP contribution in [0.4, 0.5) is 0 Å². The second kappa shape index (κ2) is 9.80. The minimum atomic E-state index is 0.391. The molecule has 2 fully saturated rings. The van der Waals surface area contributed by atoms with Gasteiger partial charge in [-0.1, -0.05) is 13.0 Å². The van der Waals surface area contributed by atoms with E-state index in [2.05, 4.69) is 56.3 Å². The first kappa shape index (κ1) is 19.0. The molecule has 2 saturated heterocycles. The van der Waals surface area contributed by atoms with Crippen molar-refractivity contribution in [3.63, 3.8) is 0 Å². The Balaban J connectivity index is 1.63. The molecule has 0 amide bonds. The fourth-order valence-electron chi connectivity index (χ4n) is 3.46. The van der Waals surface area contributed by atoms with Gasteiger partial charge in [-0.05, 0) is 17.9 Å². The molecular formula is C18H30N4OS2. The number of thioether (sulfide) groups is 1. The molecule has 1 aromatic rings. The Kier molecular flexibility index (Phi) is 7.46. The lowest BCUT2D eigenvalue weighted by Crippen LogP contribution is -2.50. The van der Waals surface area contributed by atoms with Crippen molar-refractivity contribution < 1.29 is 4.74 Å². The summed E-state index contributed by atoms with van der Waals surface area (Å²) in [6.45, 7) is 9.03. The van der Waals surface area contributed by atoms with Gasteiger partial charge in [0.15, 0.2) is 5.96 Å². The Bertz CT molecular complexity index is 531. The Morgan fingerprint density at radius 1 is 1.40 bits per heavy atom. The van der Waals surface area contributed by atoms with E-state index < -0.39 is 0 Å². The monoisotopic (exact) mass is 382 g/mol. The topological polar surface area (TPSA) is 40.1 Å². The first-order chi connectivity index (χ1) is 12.3. The molecule has 7 heteroatoms. The summed E-state index contributed by atoms with van der Waals surface area (Å²) in [5, 5.41) is 6.55. The van der Waals surface area contributed by atoms with Crippen molar-refractivity contribution in [2.24, 2.45) is 4.99 Å². The number of guanidine groups is 1. The molecule has 0 spiro atoms. The lowest BCUT2D eigenvalue weighted by molar-refractivity contribution is 0.0176. The van der Waals surface area contributed by atoms with Crippen molar-refractivity contribution in [1.29, 1.82) is 0 Å². The number of morpholine rings is 1. The van der Waals surface area contributed by atoms with Gasteiger partial charge in [-0.2, -0.15) is 11.8 Å². The molecule has 0 bridgehead atoms. The van der Waals surface area contributed by atoms with Crippen LogP contribution in [0, 0.1) is 0 Å². The lowest BCUT2D eigenvalue weighted by atomic mass is 10.2. The van der Waals surface area contributed by atoms with Crippen molar-refractivity contribution in [1.82, 2.24) is 15.1 Å². The molecule has 0 aliphatic carbocycles. The van der Waals surface area contributed by atoms with Crippen LogP contribution in [0.5, 0.6) is 0 Å². The third kappa shape index (κ3) is 5.12. The van der Waals surface area contributed by atoms with Crippen molar-refractivity contribution >= 4 is 29.1 Å². The minimum Gasteiger partial charge on any atom is -0.379 e. The lowest BCUT2D eigenvalue weighted by Gasteiger charge is -2.37. The Morgan fingerprint density at radius 2 is 2.24 bits per heavy atom. The van der Waals surface area contributed by atoms with Gasteiger partial charge in [0.2, 0.25) is 0 Å². The molecule has 140 valence electrons. The molecule has 3 rings (SSSR count). The third-order valence-electron chi connectivity index (χ3n) is 4.92. The van der Waals surface area contributed by atoms with Crippen molar-refractivity contribution in [2.75, 3.05) is 58.7 Å². The number of nitrogens with one attached hydrogen (secondary N) is 1. The summed E-state index contributed by atoms with van der Waals surface area (Å²) in [7, 11) is 1.90. The summed E-state index contributed by atoms with van der Waals surface area (Å²) in [6.07, 6.45) is 1.23. The van der Waals surface area contributed by atoms with E-state index in [0.29, 0.717) is 6.04 Å². The first-order valence-electron chi connectivity index (χ1n) is 9.24. The van der Waals surface area contributed by atoms with Gasteiger partial charge >= 0.3 is 0 Å². The molecule has 0 radical (unpaired) electrons. The van der Waals surface area contributed by atoms with Gasteiger partial charge in [0.1, 0.15) is 0 Å². The van der Waals surface area contributed by atoms with Gasteiger partial charge in [-0.25, -0.2) is 0 Å². The number of nitrogens with zero attached hydrogens (tertiary/aromatic N) is 3. The molecule has 3 heterocycles. The fraction of sp³-hybridized carbons (Fsp3) is 0.722. The molecule has 2 atom stereocenters. The van der Waals surface area contributed by atoms with E-state index in [1.54, 1.807) is 0 Å². The summed E-state index contributed by atoms with van der Waals surface area (Å²) < 4.78 is 5.54. The van der Waals surface area contributed by atoms with Gasteiger partial charge in [0.25, 0.3) is 0 Å². The molecular weight excluding hydrogens is 352 g/mol. The highest BCUT2D eigenvalue weighted by Gasteiger charge is 2.26. The summed E-state index contributed by atoms with van der Waals surface area (Å²) >= 11 is 3.94. The fourth-order valence-corrected chi connectivity index (χ4v) is 5.50. The molecule has 0 aromatic carbocycles. The summed E-state index contributed by atoms with van der Waals surface area (Å²) in [6, 6.07) is 4.79. The second-order valence-corrected chi connectivity index (χ2v) is 8.84. The van der Waals surface area contributed by atoms with Crippen molar-refractivity contribution in [2.45, 2.75) is 24.6 Å². The van der Waals surface area contributed by atoms with Crippen molar-refractivity contribution in [3.8, 4) is 0 Å². The number of hydrogen-bond donors (Lipinski definition) is 1. The summed E-state index contributed by atoms with van der Waals surface area (Å²) in [5.41, 5.74) is 0. The molecule has 25 heavy (non-hydrogen) atoms. The maximum atomic E-state index is 5.54. The molecule has 2 aliphatic heterocycles. The van der Waals surface area contributed by atoms with E-state index in [9.17, 15) is 0 Å². The highest BCUT2D eigenvalue weighted by atomic mass is 32.2. The Hall–Kier alpha value is -0.760. The number of rotatable bonds is 5. The van der Waals surface area contributed by atoms with Crippen LogP contribution in [-0.2, 0) is 4.74 Å². The number of aliphatic imine (C=N–C) groups is 1. The first-order valence-corrected chi connectivity index (χ1v) is 11.2. The van der Waals surface area contributed by atoms with E-state index >= 15 is 0 Å². The van der Waals surface area contributed by atoms with E-state index in [1.807, 2.05) is 18.4 Å². The van der Waals surface area contributed by atoms with E-state index in [4.69, 9.17) is 4.74 Å². The predicted octanol–water partition coefficient (Wildman–Crippen LogP) is 2.52. The van der Waals surface area contributed by atoms with Crippen LogP contribution in [0.25, 0.3) is 0 Å².